The topological polar surface area (TPSA) is 79.0 Å². The Morgan fingerprint density at radius 1 is 1.15 bits per heavy atom. The Labute approximate surface area is 190 Å². The molecule has 0 spiro atoms. The quantitative estimate of drug-likeness (QED) is 0.502. The Morgan fingerprint density at radius 3 is 2.26 bits per heavy atom. The lowest BCUT2D eigenvalue weighted by atomic mass is 9.96. The highest BCUT2D eigenvalue weighted by Crippen LogP contribution is 2.48. The molecule has 0 bridgehead atoms. The van der Waals surface area contributed by atoms with E-state index in [0.29, 0.717) is 17.4 Å². The number of Topliss-reactive ketones (excluding diaryl/α,β-unsaturated/α-hetero) is 1. The molecule has 0 atom stereocenters. The minimum Gasteiger partial charge on any atom is -0.354 e. The number of alkyl halides is 6. The van der Waals surface area contributed by atoms with Gasteiger partial charge in [0.15, 0.2) is 11.6 Å². The minimum absolute atomic E-state index is 0.174. The Hall–Kier alpha value is -2.65. The average molecular weight is 496 g/mol. The summed E-state index contributed by atoms with van der Waals surface area (Å²) >= 11 is 0. The number of piperidine rings is 1. The fourth-order valence-corrected chi connectivity index (χ4v) is 4.08. The average Bonchev–Trinajstić information content (AvgIpc) is 3.51. The molecular weight excluding hydrogens is 473 g/mol. The van der Waals surface area contributed by atoms with Crippen molar-refractivity contribution in [3.8, 4) is 6.07 Å². The van der Waals surface area contributed by atoms with E-state index < -0.39 is 72.5 Å². The molecule has 1 aromatic heterocycles. The van der Waals surface area contributed by atoms with Gasteiger partial charge in [-0.1, -0.05) is 0 Å². The Morgan fingerprint density at radius 2 is 1.76 bits per heavy atom. The van der Waals surface area contributed by atoms with E-state index in [1.54, 1.807) is 0 Å². The molecule has 188 valence electrons. The number of aryl methyl sites for hydroxylation is 1. The smallest absolute Gasteiger partial charge is 0.354 e. The van der Waals surface area contributed by atoms with Crippen LogP contribution in [-0.4, -0.2) is 40.8 Å². The molecular formula is C21H23F7N4O2. The van der Waals surface area contributed by atoms with Crippen molar-refractivity contribution in [1.82, 2.24) is 9.55 Å². The molecule has 1 saturated carbocycles. The second kappa shape index (κ2) is 9.54. The highest BCUT2D eigenvalue weighted by Gasteiger charge is 2.45. The molecule has 2 fully saturated rings. The fraction of sp³-hybridized carbons (Fsp3) is 0.714. The van der Waals surface area contributed by atoms with Gasteiger partial charge in [-0.2, -0.15) is 36.0 Å². The molecule has 1 aromatic rings. The van der Waals surface area contributed by atoms with Crippen molar-refractivity contribution in [2.75, 3.05) is 18.0 Å². The first-order valence-electron chi connectivity index (χ1n) is 10.9. The number of carbonyl (C=O) groups excluding carboxylic acids is 1. The number of hydrogen-bond donors (Lipinski definition) is 0. The van der Waals surface area contributed by atoms with Crippen LogP contribution in [0.15, 0.2) is 4.79 Å². The number of ketones is 1. The Bertz CT molecular complexity index is 1010. The molecule has 0 amide bonds. The summed E-state index contributed by atoms with van der Waals surface area (Å²) in [7, 11) is 0. The molecule has 1 aliphatic carbocycles. The maximum Gasteiger partial charge on any atom is 0.391 e. The zero-order valence-electron chi connectivity index (χ0n) is 18.1. The summed E-state index contributed by atoms with van der Waals surface area (Å²) in [5, 5.41) is 9.14. The Balaban J connectivity index is 1.86. The lowest BCUT2D eigenvalue weighted by Crippen LogP contribution is -2.42. The van der Waals surface area contributed by atoms with Gasteiger partial charge in [0.1, 0.15) is 5.82 Å². The molecule has 2 aliphatic rings. The van der Waals surface area contributed by atoms with Gasteiger partial charge < -0.3 is 4.90 Å². The molecule has 34 heavy (non-hydrogen) atoms. The van der Waals surface area contributed by atoms with Gasteiger partial charge >= 0.3 is 12.4 Å². The summed E-state index contributed by atoms with van der Waals surface area (Å²) in [6.45, 7) is -1.11. The maximum atomic E-state index is 14.9. The molecule has 0 radical (unpaired) electrons. The first-order chi connectivity index (χ1) is 15.7. The van der Waals surface area contributed by atoms with Crippen molar-refractivity contribution in [2.45, 2.75) is 70.3 Å². The maximum absolute atomic E-state index is 14.9. The van der Waals surface area contributed by atoms with Crippen molar-refractivity contribution in [2.24, 2.45) is 11.3 Å². The summed E-state index contributed by atoms with van der Waals surface area (Å²) in [5.74, 6) is -4.28. The molecule has 0 aromatic carbocycles. The van der Waals surface area contributed by atoms with Crippen LogP contribution >= 0.6 is 0 Å². The predicted octanol–water partition coefficient (Wildman–Crippen LogP) is 4.31. The number of halogens is 7. The highest BCUT2D eigenvalue weighted by atomic mass is 19.4. The predicted molar refractivity (Wildman–Crippen MR) is 105 cm³/mol. The number of nitriles is 1. The number of carbonyl (C=O) groups is 1. The normalized spacial score (nSPS) is 18.6. The van der Waals surface area contributed by atoms with Crippen LogP contribution < -0.4 is 10.5 Å². The number of anilines is 1. The van der Waals surface area contributed by atoms with E-state index in [-0.39, 0.29) is 38.2 Å². The molecule has 2 heterocycles. The zero-order chi connectivity index (χ0) is 25.3. The molecule has 1 aliphatic heterocycles. The SMILES string of the molecule is N#CC1(CC(=O)Cn2c(CCCC(F)(F)F)nc(N3CCC(C(F)(F)F)CC3)c(F)c2=O)CC1. The van der Waals surface area contributed by atoms with Gasteiger partial charge in [0, 0.05) is 32.4 Å². The Kier molecular flexibility index (Phi) is 7.28. The second-order valence-corrected chi connectivity index (χ2v) is 8.94. The van der Waals surface area contributed by atoms with E-state index in [1.165, 1.54) is 4.90 Å². The molecule has 13 heteroatoms. The van der Waals surface area contributed by atoms with Crippen molar-refractivity contribution >= 4 is 11.6 Å². The molecule has 3 rings (SSSR count). The first kappa shape index (κ1) is 26.0. The summed E-state index contributed by atoms with van der Waals surface area (Å²) in [4.78, 5) is 30.3. The van der Waals surface area contributed by atoms with Crippen LogP contribution in [0.2, 0.25) is 0 Å². The number of nitrogens with zero attached hydrogens (tertiary/aromatic N) is 4. The van der Waals surface area contributed by atoms with Crippen LogP contribution in [0.3, 0.4) is 0 Å². The largest absolute Gasteiger partial charge is 0.391 e. The van der Waals surface area contributed by atoms with Gasteiger partial charge in [-0.15, -0.1) is 0 Å². The van der Waals surface area contributed by atoms with E-state index in [4.69, 9.17) is 5.26 Å². The van der Waals surface area contributed by atoms with E-state index >= 15 is 0 Å². The van der Waals surface area contributed by atoms with E-state index in [9.17, 15) is 40.3 Å². The van der Waals surface area contributed by atoms with Gasteiger partial charge in [0.25, 0.3) is 5.56 Å². The van der Waals surface area contributed by atoms with Crippen molar-refractivity contribution < 1.29 is 35.5 Å². The van der Waals surface area contributed by atoms with Crippen LogP contribution in [0.4, 0.5) is 36.6 Å². The monoisotopic (exact) mass is 496 g/mol. The number of aromatic nitrogens is 2. The van der Waals surface area contributed by atoms with E-state index in [2.05, 4.69) is 4.98 Å². The van der Waals surface area contributed by atoms with Crippen LogP contribution in [-0.2, 0) is 17.8 Å². The van der Waals surface area contributed by atoms with Gasteiger partial charge in [0.2, 0.25) is 5.82 Å². The first-order valence-corrected chi connectivity index (χ1v) is 10.9. The lowest BCUT2D eigenvalue weighted by Gasteiger charge is -2.34. The third kappa shape index (κ3) is 6.27. The van der Waals surface area contributed by atoms with E-state index in [1.807, 2.05) is 6.07 Å². The van der Waals surface area contributed by atoms with Crippen LogP contribution in [0.25, 0.3) is 0 Å². The van der Waals surface area contributed by atoms with Crippen molar-refractivity contribution in [1.29, 1.82) is 5.26 Å². The third-order valence-corrected chi connectivity index (χ3v) is 6.25. The summed E-state index contributed by atoms with van der Waals surface area (Å²) in [5.41, 5.74) is -2.11. The molecule has 0 unspecified atom stereocenters. The highest BCUT2D eigenvalue weighted by molar-refractivity contribution is 5.80. The summed E-state index contributed by atoms with van der Waals surface area (Å²) in [6.07, 6.45) is -10.8. The summed E-state index contributed by atoms with van der Waals surface area (Å²) in [6, 6.07) is 2.02. The fourth-order valence-electron chi connectivity index (χ4n) is 4.08. The van der Waals surface area contributed by atoms with Crippen LogP contribution in [0.1, 0.15) is 50.8 Å². The number of hydrogen-bond acceptors (Lipinski definition) is 5. The van der Waals surface area contributed by atoms with E-state index in [0.717, 1.165) is 0 Å². The molecule has 0 N–H and O–H groups in total. The van der Waals surface area contributed by atoms with Gasteiger partial charge in [-0.3, -0.25) is 14.2 Å². The zero-order valence-corrected chi connectivity index (χ0v) is 18.1. The van der Waals surface area contributed by atoms with Crippen molar-refractivity contribution in [3.63, 3.8) is 0 Å². The van der Waals surface area contributed by atoms with Gasteiger partial charge in [-0.25, -0.2) is 4.98 Å². The number of rotatable bonds is 8. The molecule has 6 nitrogen and oxygen atoms in total. The summed E-state index contributed by atoms with van der Waals surface area (Å²) < 4.78 is 92.2. The van der Waals surface area contributed by atoms with Gasteiger partial charge in [-0.05, 0) is 32.1 Å². The van der Waals surface area contributed by atoms with Crippen molar-refractivity contribution in [3.05, 3.63) is 22.0 Å². The lowest BCUT2D eigenvalue weighted by molar-refractivity contribution is -0.179. The van der Waals surface area contributed by atoms with Crippen LogP contribution in [0.5, 0.6) is 0 Å². The minimum atomic E-state index is -4.48. The standard InChI is InChI=1S/C21H23F7N4O2/c22-16-17(31-8-3-13(4-9-31)21(26,27)28)30-15(2-1-5-20(23,24)25)32(18(16)34)11-14(33)10-19(12-29)6-7-19/h13H,1-11H2. The second-order valence-electron chi connectivity index (χ2n) is 8.94. The molecule has 1 saturated heterocycles. The third-order valence-electron chi connectivity index (χ3n) is 6.25. The van der Waals surface area contributed by atoms with Crippen LogP contribution in [0, 0.1) is 28.5 Å². The van der Waals surface area contributed by atoms with Gasteiger partial charge in [0.05, 0.1) is 23.9 Å².